The minimum Gasteiger partial charge on any atom is -0.166 e. The molecule has 0 saturated heterocycles. The van der Waals surface area contributed by atoms with E-state index in [4.69, 9.17) is 0 Å². The number of halogens is 5. The van der Waals surface area contributed by atoms with E-state index in [2.05, 4.69) is 37.9 Å². The van der Waals surface area contributed by atoms with Crippen LogP contribution in [-0.4, -0.2) is 0 Å². The molecule has 0 spiro atoms. The molecule has 0 fully saturated rings. The van der Waals surface area contributed by atoms with E-state index in [-0.39, 0.29) is 4.47 Å². The summed E-state index contributed by atoms with van der Waals surface area (Å²) in [4.78, 5) is 0. The second-order valence-corrected chi connectivity index (χ2v) is 3.68. The van der Waals surface area contributed by atoms with E-state index in [1.165, 1.54) is 6.07 Å². The van der Waals surface area contributed by atoms with Crippen molar-refractivity contribution in [3.63, 3.8) is 0 Å². The second-order valence-electron chi connectivity index (χ2n) is 2.03. The first-order valence-electron chi connectivity index (χ1n) is 2.85. The van der Waals surface area contributed by atoms with Crippen molar-refractivity contribution >= 4 is 31.9 Å². The zero-order valence-electron chi connectivity index (χ0n) is 5.54. The molecule has 0 amide bonds. The first-order valence-corrected chi connectivity index (χ1v) is 4.44. The second kappa shape index (κ2) is 3.38. The number of alkyl halides is 3. The molecule has 0 nitrogen and oxygen atoms in total. The third kappa shape index (κ3) is 2.01. The SMILES string of the molecule is FC(F)(F)c1c[c]cc(Br)c1Br. The fourth-order valence-electron chi connectivity index (χ4n) is 0.660. The fourth-order valence-corrected chi connectivity index (χ4v) is 1.46. The third-order valence-corrected chi connectivity index (χ3v) is 3.20. The van der Waals surface area contributed by atoms with Gasteiger partial charge >= 0.3 is 6.18 Å². The zero-order chi connectivity index (χ0) is 9.35. The maximum Gasteiger partial charge on any atom is 0.417 e. The molecule has 0 heterocycles. The molecule has 0 saturated carbocycles. The Morgan fingerprint density at radius 3 is 2.17 bits per heavy atom. The Hall–Kier alpha value is -0.0300. The van der Waals surface area contributed by atoms with Gasteiger partial charge in [0.05, 0.1) is 5.56 Å². The van der Waals surface area contributed by atoms with Gasteiger partial charge in [-0.2, -0.15) is 13.2 Å². The van der Waals surface area contributed by atoms with Crippen LogP contribution in [0.4, 0.5) is 13.2 Å². The molecule has 0 aliphatic carbocycles. The topological polar surface area (TPSA) is 0 Å². The van der Waals surface area contributed by atoms with Gasteiger partial charge in [-0.15, -0.1) is 0 Å². The van der Waals surface area contributed by atoms with E-state index in [1.807, 2.05) is 0 Å². The van der Waals surface area contributed by atoms with Crippen molar-refractivity contribution in [1.29, 1.82) is 0 Å². The van der Waals surface area contributed by atoms with Crippen LogP contribution in [0, 0.1) is 6.07 Å². The fraction of sp³-hybridized carbons (Fsp3) is 0.143. The molecule has 1 aromatic carbocycles. The lowest BCUT2D eigenvalue weighted by molar-refractivity contribution is -0.138. The van der Waals surface area contributed by atoms with Gasteiger partial charge in [-0.3, -0.25) is 0 Å². The van der Waals surface area contributed by atoms with Gasteiger partial charge in [0.15, 0.2) is 0 Å². The van der Waals surface area contributed by atoms with Crippen molar-refractivity contribution < 1.29 is 13.2 Å². The molecular formula is C7H2Br2F3. The third-order valence-electron chi connectivity index (χ3n) is 1.19. The average Bonchev–Trinajstić information content (AvgIpc) is 1.92. The lowest BCUT2D eigenvalue weighted by atomic mass is 10.2. The maximum absolute atomic E-state index is 12.2. The normalized spacial score (nSPS) is 11.8. The van der Waals surface area contributed by atoms with Crippen molar-refractivity contribution in [2.45, 2.75) is 6.18 Å². The van der Waals surface area contributed by atoms with E-state index in [9.17, 15) is 13.2 Å². The summed E-state index contributed by atoms with van der Waals surface area (Å²) in [5.41, 5.74) is -0.725. The van der Waals surface area contributed by atoms with Crippen molar-refractivity contribution in [3.8, 4) is 0 Å². The molecule has 1 rings (SSSR count). The summed E-state index contributed by atoms with van der Waals surface area (Å²) in [5.74, 6) is 0. The lowest BCUT2D eigenvalue weighted by Crippen LogP contribution is -2.05. The summed E-state index contributed by atoms with van der Waals surface area (Å²) in [6.45, 7) is 0. The zero-order valence-corrected chi connectivity index (χ0v) is 8.72. The highest BCUT2D eigenvalue weighted by Gasteiger charge is 2.33. The van der Waals surface area contributed by atoms with Crippen LogP contribution in [0.5, 0.6) is 0 Å². The van der Waals surface area contributed by atoms with Gasteiger partial charge in [-0.05, 0) is 50.1 Å². The monoisotopic (exact) mass is 301 g/mol. The van der Waals surface area contributed by atoms with Crippen LogP contribution in [0.2, 0.25) is 0 Å². The summed E-state index contributed by atoms with van der Waals surface area (Å²) < 4.78 is 36.8. The summed E-state index contributed by atoms with van der Waals surface area (Å²) >= 11 is 5.79. The van der Waals surface area contributed by atoms with E-state index in [1.54, 1.807) is 0 Å². The van der Waals surface area contributed by atoms with Gasteiger partial charge in [0.2, 0.25) is 0 Å². The molecule has 0 bridgehead atoms. The number of hydrogen-bond donors (Lipinski definition) is 0. The molecular weight excluding hydrogens is 301 g/mol. The summed E-state index contributed by atoms with van der Waals surface area (Å²) in [7, 11) is 0. The summed E-state index contributed by atoms with van der Waals surface area (Å²) in [6.07, 6.45) is -4.33. The average molecular weight is 303 g/mol. The first-order chi connectivity index (χ1) is 5.43. The highest BCUT2D eigenvalue weighted by Crippen LogP contribution is 2.37. The van der Waals surface area contributed by atoms with Crippen LogP contribution < -0.4 is 0 Å². The smallest absolute Gasteiger partial charge is 0.166 e. The molecule has 0 atom stereocenters. The predicted octanol–water partition coefficient (Wildman–Crippen LogP) is 4.03. The van der Waals surface area contributed by atoms with E-state index >= 15 is 0 Å². The van der Waals surface area contributed by atoms with Crippen molar-refractivity contribution in [3.05, 3.63) is 32.7 Å². The van der Waals surface area contributed by atoms with Crippen LogP contribution in [-0.2, 0) is 6.18 Å². The molecule has 0 aromatic heterocycles. The van der Waals surface area contributed by atoms with Gasteiger partial charge in [0, 0.05) is 8.95 Å². The molecule has 1 radical (unpaired) electrons. The van der Waals surface area contributed by atoms with Crippen LogP contribution >= 0.6 is 31.9 Å². The summed E-state index contributed by atoms with van der Waals surface area (Å²) in [6, 6.07) is 4.69. The number of rotatable bonds is 0. The lowest BCUT2D eigenvalue weighted by Gasteiger charge is -2.08. The quantitative estimate of drug-likeness (QED) is 0.679. The van der Waals surface area contributed by atoms with Crippen LogP contribution in [0.3, 0.4) is 0 Å². The number of hydrogen-bond acceptors (Lipinski definition) is 0. The van der Waals surface area contributed by atoms with Gasteiger partial charge in [-0.1, -0.05) is 0 Å². The van der Waals surface area contributed by atoms with Gasteiger partial charge < -0.3 is 0 Å². The molecule has 65 valence electrons. The summed E-state index contributed by atoms with van der Waals surface area (Å²) in [5, 5.41) is 0. The Morgan fingerprint density at radius 1 is 1.17 bits per heavy atom. The Balaban J connectivity index is 3.26. The van der Waals surface area contributed by atoms with Crippen LogP contribution in [0.15, 0.2) is 21.1 Å². The maximum atomic E-state index is 12.2. The molecule has 12 heavy (non-hydrogen) atoms. The molecule has 5 heteroatoms. The van der Waals surface area contributed by atoms with Gasteiger partial charge in [0.1, 0.15) is 0 Å². The van der Waals surface area contributed by atoms with E-state index < -0.39 is 11.7 Å². The molecule has 0 N–H and O–H groups in total. The first kappa shape index (κ1) is 10.1. The standard InChI is InChI=1S/C7H2Br2F3/c8-5-3-1-2-4(6(5)9)7(10,11)12/h2-3H. The Morgan fingerprint density at radius 2 is 1.75 bits per heavy atom. The Kier molecular flexibility index (Phi) is 2.83. The van der Waals surface area contributed by atoms with Gasteiger partial charge in [-0.25, -0.2) is 0 Å². The van der Waals surface area contributed by atoms with Crippen molar-refractivity contribution in [1.82, 2.24) is 0 Å². The minimum atomic E-state index is -4.33. The number of benzene rings is 1. The largest absolute Gasteiger partial charge is 0.417 e. The Bertz CT molecular complexity index is 293. The molecule has 0 unspecified atom stereocenters. The Labute approximate surface area is 84.0 Å². The van der Waals surface area contributed by atoms with Crippen molar-refractivity contribution in [2.24, 2.45) is 0 Å². The molecule has 1 aromatic rings. The van der Waals surface area contributed by atoms with Crippen LogP contribution in [0.1, 0.15) is 5.56 Å². The minimum absolute atomic E-state index is 0.00810. The van der Waals surface area contributed by atoms with Gasteiger partial charge in [0.25, 0.3) is 0 Å². The van der Waals surface area contributed by atoms with Crippen molar-refractivity contribution in [2.75, 3.05) is 0 Å². The molecule has 0 aliphatic heterocycles. The van der Waals surface area contributed by atoms with E-state index in [0.29, 0.717) is 4.47 Å². The highest BCUT2D eigenvalue weighted by molar-refractivity contribution is 9.13. The van der Waals surface area contributed by atoms with E-state index in [0.717, 1.165) is 6.07 Å². The highest BCUT2D eigenvalue weighted by atomic mass is 79.9. The molecule has 0 aliphatic rings. The predicted molar refractivity (Wildman–Crippen MR) is 45.7 cm³/mol. The van der Waals surface area contributed by atoms with Crippen LogP contribution in [0.25, 0.3) is 0 Å².